The molecule has 0 saturated heterocycles. The van der Waals surface area contributed by atoms with Gasteiger partial charge in [-0.3, -0.25) is 4.72 Å². The maximum absolute atomic E-state index is 12.5. The molecule has 1 aliphatic rings. The van der Waals surface area contributed by atoms with Crippen LogP contribution in [0.25, 0.3) is 0 Å². The van der Waals surface area contributed by atoms with Gasteiger partial charge in [-0.25, -0.2) is 8.42 Å². The Labute approximate surface area is 158 Å². The molecule has 0 atom stereocenters. The second-order valence-corrected chi connectivity index (χ2v) is 8.26. The topological polar surface area (TPSA) is 49.4 Å². The highest BCUT2D eigenvalue weighted by atomic mass is 35.5. The van der Waals surface area contributed by atoms with Crippen LogP contribution in [0.2, 0.25) is 5.02 Å². The zero-order valence-electron chi connectivity index (χ0n) is 13.9. The molecule has 4 rings (SSSR count). The SMILES string of the molecule is O=S(=O)(Nc1ccc(N2CCc3ccccc32)cc1)c1cccc(Cl)c1. The number of anilines is 3. The average Bonchev–Trinajstić information content (AvgIpc) is 3.06. The van der Waals surface area contributed by atoms with E-state index in [4.69, 9.17) is 11.6 Å². The van der Waals surface area contributed by atoms with Crippen molar-refractivity contribution in [3.05, 3.63) is 83.4 Å². The van der Waals surface area contributed by atoms with Crippen molar-refractivity contribution in [1.29, 1.82) is 0 Å². The first-order valence-corrected chi connectivity index (χ1v) is 10.1. The molecule has 4 nitrogen and oxygen atoms in total. The summed E-state index contributed by atoms with van der Waals surface area (Å²) in [7, 11) is -3.66. The second-order valence-electron chi connectivity index (χ2n) is 6.14. The summed E-state index contributed by atoms with van der Waals surface area (Å²) in [6.07, 6.45) is 1.01. The number of fused-ring (bicyclic) bond motifs is 1. The molecule has 0 aliphatic carbocycles. The molecule has 1 N–H and O–H groups in total. The minimum Gasteiger partial charge on any atom is -0.341 e. The molecule has 0 amide bonds. The number of benzene rings is 3. The summed E-state index contributed by atoms with van der Waals surface area (Å²) in [6.45, 7) is 0.924. The smallest absolute Gasteiger partial charge is 0.261 e. The van der Waals surface area contributed by atoms with E-state index in [1.807, 2.05) is 18.2 Å². The van der Waals surface area contributed by atoms with Crippen LogP contribution in [0.4, 0.5) is 17.1 Å². The van der Waals surface area contributed by atoms with Crippen molar-refractivity contribution in [2.75, 3.05) is 16.2 Å². The van der Waals surface area contributed by atoms with Gasteiger partial charge in [0.2, 0.25) is 0 Å². The summed E-state index contributed by atoms with van der Waals surface area (Å²) in [4.78, 5) is 2.38. The van der Waals surface area contributed by atoms with Crippen molar-refractivity contribution in [2.45, 2.75) is 11.3 Å². The number of halogens is 1. The van der Waals surface area contributed by atoms with Gasteiger partial charge in [-0.05, 0) is 60.5 Å². The maximum atomic E-state index is 12.5. The van der Waals surface area contributed by atoms with Gasteiger partial charge >= 0.3 is 0 Å². The van der Waals surface area contributed by atoms with E-state index in [0.717, 1.165) is 18.7 Å². The second kappa shape index (κ2) is 6.67. The van der Waals surface area contributed by atoms with Crippen LogP contribution in [0.5, 0.6) is 0 Å². The number of para-hydroxylation sites is 1. The Morgan fingerprint density at radius 2 is 1.69 bits per heavy atom. The van der Waals surface area contributed by atoms with E-state index in [1.165, 1.54) is 23.4 Å². The summed E-state index contributed by atoms with van der Waals surface area (Å²) in [5.41, 5.74) is 4.10. The zero-order chi connectivity index (χ0) is 18.1. The molecular weight excluding hydrogens is 368 g/mol. The fourth-order valence-electron chi connectivity index (χ4n) is 3.16. The Bertz CT molecular complexity index is 1050. The Hall–Kier alpha value is -2.50. The molecule has 0 bridgehead atoms. The van der Waals surface area contributed by atoms with Gasteiger partial charge in [0.05, 0.1) is 4.90 Å². The number of nitrogens with zero attached hydrogens (tertiary/aromatic N) is 1. The van der Waals surface area contributed by atoms with Crippen LogP contribution >= 0.6 is 11.6 Å². The lowest BCUT2D eigenvalue weighted by molar-refractivity contribution is 0.601. The van der Waals surface area contributed by atoms with E-state index in [9.17, 15) is 8.42 Å². The van der Waals surface area contributed by atoms with Crippen LogP contribution in [-0.2, 0) is 16.4 Å². The lowest BCUT2D eigenvalue weighted by Gasteiger charge is -2.20. The maximum Gasteiger partial charge on any atom is 0.261 e. The fourth-order valence-corrected chi connectivity index (χ4v) is 4.52. The molecule has 132 valence electrons. The van der Waals surface area contributed by atoms with Crippen molar-refractivity contribution in [2.24, 2.45) is 0 Å². The van der Waals surface area contributed by atoms with Crippen molar-refractivity contribution in [1.82, 2.24) is 0 Å². The van der Waals surface area contributed by atoms with E-state index < -0.39 is 10.0 Å². The predicted octanol–water partition coefficient (Wildman–Crippen LogP) is 4.84. The molecule has 1 heterocycles. The number of sulfonamides is 1. The van der Waals surface area contributed by atoms with Crippen molar-refractivity contribution >= 4 is 38.7 Å². The first-order valence-electron chi connectivity index (χ1n) is 8.27. The molecule has 0 fully saturated rings. The summed E-state index contributed by atoms with van der Waals surface area (Å²) in [6, 6.07) is 21.9. The molecule has 0 saturated carbocycles. The quantitative estimate of drug-likeness (QED) is 0.700. The third-order valence-electron chi connectivity index (χ3n) is 4.42. The van der Waals surface area contributed by atoms with Crippen LogP contribution in [0.3, 0.4) is 0 Å². The predicted molar refractivity (Wildman–Crippen MR) is 106 cm³/mol. The molecular formula is C20H17ClN2O2S. The lowest BCUT2D eigenvalue weighted by atomic mass is 10.2. The van der Waals surface area contributed by atoms with Gasteiger partial charge in [-0.2, -0.15) is 0 Å². The van der Waals surface area contributed by atoms with Crippen LogP contribution < -0.4 is 9.62 Å². The molecule has 6 heteroatoms. The molecule has 26 heavy (non-hydrogen) atoms. The first-order chi connectivity index (χ1) is 12.5. The molecule has 0 spiro atoms. The van der Waals surface area contributed by atoms with E-state index in [1.54, 1.807) is 24.3 Å². The lowest BCUT2D eigenvalue weighted by Crippen LogP contribution is -2.14. The third kappa shape index (κ3) is 3.28. The average molecular weight is 385 g/mol. The highest BCUT2D eigenvalue weighted by molar-refractivity contribution is 7.92. The number of hydrogen-bond acceptors (Lipinski definition) is 3. The Balaban J connectivity index is 1.56. The van der Waals surface area contributed by atoms with Crippen molar-refractivity contribution in [3.8, 4) is 0 Å². The monoisotopic (exact) mass is 384 g/mol. The summed E-state index contributed by atoms with van der Waals surface area (Å²) in [5.74, 6) is 0. The Kier molecular flexibility index (Phi) is 4.34. The molecule has 1 aliphatic heterocycles. The normalized spacial score (nSPS) is 13.5. The van der Waals surface area contributed by atoms with E-state index in [2.05, 4.69) is 27.8 Å². The number of nitrogens with one attached hydrogen (secondary N) is 1. The highest BCUT2D eigenvalue weighted by Gasteiger charge is 2.20. The Morgan fingerprint density at radius 3 is 2.46 bits per heavy atom. The van der Waals surface area contributed by atoms with Crippen molar-refractivity contribution < 1.29 is 8.42 Å². The Morgan fingerprint density at radius 1 is 0.923 bits per heavy atom. The van der Waals surface area contributed by atoms with Crippen LogP contribution in [0.15, 0.2) is 77.7 Å². The van der Waals surface area contributed by atoms with E-state index in [-0.39, 0.29) is 4.90 Å². The van der Waals surface area contributed by atoms with Crippen LogP contribution in [-0.4, -0.2) is 15.0 Å². The summed E-state index contributed by atoms with van der Waals surface area (Å²) < 4.78 is 27.6. The first kappa shape index (κ1) is 16.9. The van der Waals surface area contributed by atoms with Gasteiger partial charge in [0, 0.05) is 28.6 Å². The fraction of sp³-hybridized carbons (Fsp3) is 0.100. The van der Waals surface area contributed by atoms with Crippen LogP contribution in [0.1, 0.15) is 5.56 Å². The van der Waals surface area contributed by atoms with E-state index >= 15 is 0 Å². The molecule has 0 aromatic heterocycles. The third-order valence-corrected chi connectivity index (χ3v) is 6.04. The molecule has 0 radical (unpaired) electrons. The van der Waals surface area contributed by atoms with E-state index in [0.29, 0.717) is 10.7 Å². The minimum absolute atomic E-state index is 0.141. The highest BCUT2D eigenvalue weighted by Crippen LogP contribution is 2.34. The minimum atomic E-state index is -3.66. The van der Waals surface area contributed by atoms with Gasteiger partial charge in [0.25, 0.3) is 10.0 Å². The standard InChI is InChI=1S/C20H17ClN2O2S/c21-16-5-3-6-19(14-16)26(24,25)22-17-8-10-18(11-9-17)23-13-12-15-4-1-2-7-20(15)23/h1-11,14,22H,12-13H2. The summed E-state index contributed by atoms with van der Waals surface area (Å²) >= 11 is 5.89. The van der Waals surface area contributed by atoms with Gasteiger partial charge in [-0.1, -0.05) is 35.9 Å². The zero-order valence-corrected chi connectivity index (χ0v) is 15.5. The molecule has 3 aromatic rings. The summed E-state index contributed by atoms with van der Waals surface area (Å²) in [5, 5.41) is 0.385. The van der Waals surface area contributed by atoms with Crippen LogP contribution in [0, 0.1) is 0 Å². The van der Waals surface area contributed by atoms with Crippen molar-refractivity contribution in [3.63, 3.8) is 0 Å². The number of hydrogen-bond donors (Lipinski definition) is 1. The van der Waals surface area contributed by atoms with Gasteiger partial charge in [0.15, 0.2) is 0 Å². The van der Waals surface area contributed by atoms with Gasteiger partial charge in [0.1, 0.15) is 0 Å². The largest absolute Gasteiger partial charge is 0.341 e. The van der Waals surface area contributed by atoms with Gasteiger partial charge < -0.3 is 4.90 Å². The molecule has 0 unspecified atom stereocenters. The molecule has 3 aromatic carbocycles. The number of rotatable bonds is 4. The van der Waals surface area contributed by atoms with Gasteiger partial charge in [-0.15, -0.1) is 0 Å².